The van der Waals surface area contributed by atoms with Crippen molar-refractivity contribution in [1.82, 2.24) is 10.2 Å². The van der Waals surface area contributed by atoms with E-state index in [9.17, 15) is 4.79 Å². The second kappa shape index (κ2) is 6.95. The second-order valence-electron chi connectivity index (χ2n) is 4.98. The number of hydrogen-bond donors (Lipinski definition) is 1. The van der Waals surface area contributed by atoms with Crippen molar-refractivity contribution in [1.29, 1.82) is 0 Å². The first kappa shape index (κ1) is 15.1. The van der Waals surface area contributed by atoms with Gasteiger partial charge in [-0.3, -0.25) is 4.79 Å². The third-order valence-electron chi connectivity index (χ3n) is 2.95. The number of fused-ring (bicyclic) bond motifs is 1. The molecule has 1 aromatic rings. The van der Waals surface area contributed by atoms with E-state index >= 15 is 0 Å². The van der Waals surface area contributed by atoms with Gasteiger partial charge in [0.15, 0.2) is 17.6 Å². The molecule has 0 saturated carbocycles. The van der Waals surface area contributed by atoms with Gasteiger partial charge in [-0.05, 0) is 42.2 Å². The maximum absolute atomic E-state index is 11.7. The van der Waals surface area contributed by atoms with Gasteiger partial charge in [0.2, 0.25) is 5.91 Å². The molecule has 0 spiro atoms. The van der Waals surface area contributed by atoms with Gasteiger partial charge in [-0.15, -0.1) is 0 Å². The largest absolute Gasteiger partial charge is 0.486 e. The molecule has 1 unspecified atom stereocenters. The SMILES string of the molecule is CN(C)CCC(=O)NCC1COc2cccc(Br)c2O1. The van der Waals surface area contributed by atoms with Crippen LogP contribution in [0, 0.1) is 0 Å². The molecule has 1 atom stereocenters. The average molecular weight is 343 g/mol. The average Bonchev–Trinajstić information content (AvgIpc) is 2.43. The first-order valence-electron chi connectivity index (χ1n) is 6.55. The molecule has 1 amide bonds. The van der Waals surface area contributed by atoms with Crippen LogP contribution in [0.25, 0.3) is 0 Å². The molecule has 0 aromatic heterocycles. The standard InChI is InChI=1S/C14H19BrN2O3/c1-17(2)7-6-13(18)16-8-10-9-19-12-5-3-4-11(15)14(12)20-10/h3-5,10H,6-9H2,1-2H3,(H,16,18). The Morgan fingerprint density at radius 1 is 1.50 bits per heavy atom. The summed E-state index contributed by atoms with van der Waals surface area (Å²) in [6, 6.07) is 5.67. The third-order valence-corrected chi connectivity index (χ3v) is 3.58. The summed E-state index contributed by atoms with van der Waals surface area (Å²) in [5.41, 5.74) is 0. The molecule has 20 heavy (non-hydrogen) atoms. The van der Waals surface area contributed by atoms with Crippen LogP contribution < -0.4 is 14.8 Å². The molecule has 1 aliphatic heterocycles. The Morgan fingerprint density at radius 2 is 2.30 bits per heavy atom. The minimum absolute atomic E-state index is 0.0280. The zero-order chi connectivity index (χ0) is 14.5. The molecule has 0 aliphatic carbocycles. The molecule has 6 heteroatoms. The summed E-state index contributed by atoms with van der Waals surface area (Å²) in [5.74, 6) is 1.46. The quantitative estimate of drug-likeness (QED) is 0.884. The van der Waals surface area contributed by atoms with E-state index < -0.39 is 0 Å². The van der Waals surface area contributed by atoms with Crippen molar-refractivity contribution in [2.24, 2.45) is 0 Å². The number of benzene rings is 1. The van der Waals surface area contributed by atoms with Crippen LogP contribution >= 0.6 is 15.9 Å². The number of nitrogens with zero attached hydrogens (tertiary/aromatic N) is 1. The van der Waals surface area contributed by atoms with Crippen molar-refractivity contribution < 1.29 is 14.3 Å². The van der Waals surface area contributed by atoms with E-state index in [1.807, 2.05) is 37.2 Å². The Bertz CT molecular complexity index is 479. The van der Waals surface area contributed by atoms with Crippen LogP contribution in [0.3, 0.4) is 0 Å². The number of nitrogens with one attached hydrogen (secondary N) is 1. The van der Waals surface area contributed by atoms with Crippen LogP contribution in [0.1, 0.15) is 6.42 Å². The highest BCUT2D eigenvalue weighted by Gasteiger charge is 2.23. The Hall–Kier alpha value is -1.27. The van der Waals surface area contributed by atoms with Gasteiger partial charge in [-0.2, -0.15) is 0 Å². The molecular weight excluding hydrogens is 324 g/mol. The predicted molar refractivity (Wildman–Crippen MR) is 80.2 cm³/mol. The number of amides is 1. The van der Waals surface area contributed by atoms with Crippen molar-refractivity contribution in [2.75, 3.05) is 33.8 Å². The fraction of sp³-hybridized carbons (Fsp3) is 0.500. The lowest BCUT2D eigenvalue weighted by Gasteiger charge is -2.27. The lowest BCUT2D eigenvalue weighted by atomic mass is 10.2. The summed E-state index contributed by atoms with van der Waals surface area (Å²) in [4.78, 5) is 13.6. The highest BCUT2D eigenvalue weighted by atomic mass is 79.9. The van der Waals surface area contributed by atoms with Gasteiger partial charge in [0.05, 0.1) is 11.0 Å². The number of halogens is 1. The van der Waals surface area contributed by atoms with Crippen LogP contribution in [0.2, 0.25) is 0 Å². The first-order valence-corrected chi connectivity index (χ1v) is 7.35. The topological polar surface area (TPSA) is 50.8 Å². The molecule has 1 aliphatic rings. The van der Waals surface area contributed by atoms with Crippen LogP contribution in [0.5, 0.6) is 11.5 Å². The summed E-state index contributed by atoms with van der Waals surface area (Å²) >= 11 is 3.43. The summed E-state index contributed by atoms with van der Waals surface area (Å²) in [5, 5.41) is 2.87. The molecular formula is C14H19BrN2O3. The smallest absolute Gasteiger partial charge is 0.221 e. The summed E-state index contributed by atoms with van der Waals surface area (Å²) in [6.45, 7) is 1.63. The van der Waals surface area contributed by atoms with Gasteiger partial charge in [-0.1, -0.05) is 6.07 Å². The summed E-state index contributed by atoms with van der Waals surface area (Å²) < 4.78 is 12.3. The van der Waals surface area contributed by atoms with E-state index in [0.717, 1.165) is 16.8 Å². The van der Waals surface area contributed by atoms with Gasteiger partial charge in [0.25, 0.3) is 0 Å². The van der Waals surface area contributed by atoms with Crippen LogP contribution in [0.15, 0.2) is 22.7 Å². The van der Waals surface area contributed by atoms with Crippen LogP contribution in [-0.4, -0.2) is 50.7 Å². The lowest BCUT2D eigenvalue weighted by molar-refractivity contribution is -0.121. The summed E-state index contributed by atoms with van der Waals surface area (Å²) in [7, 11) is 3.89. The summed E-state index contributed by atoms with van der Waals surface area (Å²) in [6.07, 6.45) is 0.324. The van der Waals surface area contributed by atoms with E-state index in [4.69, 9.17) is 9.47 Å². The Morgan fingerprint density at radius 3 is 3.05 bits per heavy atom. The number of carbonyl (C=O) groups is 1. The molecule has 0 radical (unpaired) electrons. The molecule has 0 saturated heterocycles. The molecule has 110 valence electrons. The normalized spacial score (nSPS) is 17.1. The van der Waals surface area contributed by atoms with E-state index in [2.05, 4.69) is 21.2 Å². The van der Waals surface area contributed by atoms with Crippen molar-refractivity contribution >= 4 is 21.8 Å². The highest BCUT2D eigenvalue weighted by molar-refractivity contribution is 9.10. The zero-order valence-corrected chi connectivity index (χ0v) is 13.3. The number of para-hydroxylation sites is 1. The van der Waals surface area contributed by atoms with Crippen molar-refractivity contribution in [3.63, 3.8) is 0 Å². The second-order valence-corrected chi connectivity index (χ2v) is 5.83. The Labute approximate surface area is 127 Å². The Balaban J connectivity index is 1.82. The minimum atomic E-state index is -0.162. The molecule has 2 rings (SSSR count). The van der Waals surface area contributed by atoms with Crippen molar-refractivity contribution in [3.8, 4) is 11.5 Å². The number of ether oxygens (including phenoxy) is 2. The fourth-order valence-corrected chi connectivity index (χ4v) is 2.28. The predicted octanol–water partition coefficient (Wildman–Crippen LogP) is 1.66. The van der Waals surface area contributed by atoms with Crippen molar-refractivity contribution in [3.05, 3.63) is 22.7 Å². The number of hydrogen-bond acceptors (Lipinski definition) is 4. The minimum Gasteiger partial charge on any atom is -0.486 e. The highest BCUT2D eigenvalue weighted by Crippen LogP contribution is 2.38. The van der Waals surface area contributed by atoms with Gasteiger partial charge in [-0.25, -0.2) is 0 Å². The molecule has 1 aromatic carbocycles. The third kappa shape index (κ3) is 4.11. The van der Waals surface area contributed by atoms with Crippen molar-refractivity contribution in [2.45, 2.75) is 12.5 Å². The zero-order valence-electron chi connectivity index (χ0n) is 11.7. The maximum atomic E-state index is 11.7. The monoisotopic (exact) mass is 342 g/mol. The van der Waals surface area contributed by atoms with Crippen LogP contribution in [0.4, 0.5) is 0 Å². The molecule has 0 bridgehead atoms. The molecule has 1 heterocycles. The van der Waals surface area contributed by atoms with Gasteiger partial charge < -0.3 is 19.7 Å². The van der Waals surface area contributed by atoms with E-state index in [1.54, 1.807) is 0 Å². The fourth-order valence-electron chi connectivity index (χ4n) is 1.84. The lowest BCUT2D eigenvalue weighted by Crippen LogP contribution is -2.41. The van der Waals surface area contributed by atoms with Gasteiger partial charge in [0, 0.05) is 13.0 Å². The van der Waals surface area contributed by atoms with Gasteiger partial charge >= 0.3 is 0 Å². The van der Waals surface area contributed by atoms with E-state index in [-0.39, 0.29) is 12.0 Å². The number of rotatable bonds is 5. The molecule has 1 N–H and O–H groups in total. The van der Waals surface area contributed by atoms with Crippen LogP contribution in [-0.2, 0) is 4.79 Å². The molecule has 0 fully saturated rings. The van der Waals surface area contributed by atoms with E-state index in [1.165, 1.54) is 0 Å². The number of carbonyl (C=O) groups excluding carboxylic acids is 1. The van der Waals surface area contributed by atoms with Gasteiger partial charge in [0.1, 0.15) is 6.61 Å². The first-order chi connectivity index (χ1) is 9.56. The van der Waals surface area contributed by atoms with E-state index in [0.29, 0.717) is 25.3 Å². The maximum Gasteiger partial charge on any atom is 0.221 e. The molecule has 5 nitrogen and oxygen atoms in total. The Kier molecular flexibility index (Phi) is 5.25.